The Labute approximate surface area is 217 Å². The summed E-state index contributed by atoms with van der Waals surface area (Å²) in [5.74, 6) is 1.37. The van der Waals surface area contributed by atoms with Crippen molar-refractivity contribution in [3.8, 4) is 0 Å². The minimum atomic E-state index is 0.209. The van der Waals surface area contributed by atoms with E-state index in [-0.39, 0.29) is 12.0 Å². The van der Waals surface area contributed by atoms with Crippen LogP contribution < -0.4 is 5.32 Å². The summed E-state index contributed by atoms with van der Waals surface area (Å²) in [7, 11) is 0. The quantitative estimate of drug-likeness (QED) is 0.376. The lowest BCUT2D eigenvalue weighted by Crippen LogP contribution is -2.24. The molecule has 1 aliphatic heterocycles. The van der Waals surface area contributed by atoms with Gasteiger partial charge in [-0.15, -0.1) is 0 Å². The van der Waals surface area contributed by atoms with Crippen LogP contribution in [0.5, 0.6) is 0 Å². The number of rotatable bonds is 8. The Balaban J connectivity index is 0.00000174. The lowest BCUT2D eigenvalue weighted by molar-refractivity contribution is -0.120. The van der Waals surface area contributed by atoms with E-state index in [1.54, 1.807) is 6.92 Å². The highest BCUT2D eigenvalue weighted by Gasteiger charge is 2.26. The van der Waals surface area contributed by atoms with Gasteiger partial charge in [0.05, 0.1) is 0 Å². The topological polar surface area (TPSA) is 32.3 Å². The molecular weight excluding hydrogens is 428 g/mol. The van der Waals surface area contributed by atoms with Gasteiger partial charge in [0.25, 0.3) is 0 Å². The van der Waals surface area contributed by atoms with E-state index in [4.69, 9.17) is 0 Å². The lowest BCUT2D eigenvalue weighted by atomic mass is 9.98. The second-order valence-electron chi connectivity index (χ2n) is 10.1. The molecule has 35 heavy (non-hydrogen) atoms. The first-order valence-corrected chi connectivity index (χ1v) is 13.6. The van der Waals surface area contributed by atoms with E-state index in [1.807, 2.05) is 13.8 Å². The van der Waals surface area contributed by atoms with Crippen LogP contribution in [0.2, 0.25) is 0 Å². The van der Waals surface area contributed by atoms with Crippen molar-refractivity contribution in [1.29, 1.82) is 0 Å². The summed E-state index contributed by atoms with van der Waals surface area (Å²) < 4.78 is 0. The first kappa shape index (κ1) is 32.9. The predicted octanol–water partition coefficient (Wildman–Crippen LogP) is 8.67. The van der Waals surface area contributed by atoms with E-state index in [1.165, 1.54) is 33.5 Å². The summed E-state index contributed by atoms with van der Waals surface area (Å²) in [6, 6.07) is 4.62. The molecule has 3 heteroatoms. The van der Waals surface area contributed by atoms with Gasteiger partial charge in [0.2, 0.25) is 0 Å². The van der Waals surface area contributed by atoms with Crippen LogP contribution in [-0.2, 0) is 11.3 Å². The average Bonchev–Trinajstić information content (AvgIpc) is 3.28. The number of nitrogens with one attached hydrogen (secondary N) is 1. The van der Waals surface area contributed by atoms with Crippen molar-refractivity contribution in [3.63, 3.8) is 0 Å². The molecule has 1 unspecified atom stereocenters. The Morgan fingerprint density at radius 2 is 1.71 bits per heavy atom. The maximum Gasteiger partial charge on any atom is 0.134 e. The molecule has 1 heterocycles. The van der Waals surface area contributed by atoms with E-state index in [0.29, 0.717) is 5.78 Å². The zero-order valence-corrected chi connectivity index (χ0v) is 24.9. The summed E-state index contributed by atoms with van der Waals surface area (Å²) in [4.78, 5) is 14.1. The van der Waals surface area contributed by atoms with Crippen LogP contribution in [0.3, 0.4) is 0 Å². The molecule has 0 aromatic heterocycles. The highest BCUT2D eigenvalue weighted by atomic mass is 16.1. The van der Waals surface area contributed by atoms with Crippen molar-refractivity contribution in [2.24, 2.45) is 11.8 Å². The van der Waals surface area contributed by atoms with E-state index in [9.17, 15) is 4.79 Å². The molecule has 0 amide bonds. The van der Waals surface area contributed by atoms with Gasteiger partial charge >= 0.3 is 0 Å². The third kappa shape index (κ3) is 11.9. The standard InChI is InChI=1S/C26H38N2O.C4H10.C2H6/c1-8-10-23(15-18(3)9-2)21(6)27-26-12-11-19(4)25(20(26)5)17-28-14-13-24(16-28)22(7)29;1-4(2)3;1-2/h8-12,15,21,24,27H,13-14,16-17H2,1-7H3;4H,1-3H3;1-2H3/b10-8-,18-9+,23-15+;;/t21-,24?;;/m1../s1. The smallest absolute Gasteiger partial charge is 0.134 e. The normalized spacial score (nSPS) is 17.6. The van der Waals surface area contributed by atoms with E-state index < -0.39 is 0 Å². The summed E-state index contributed by atoms with van der Waals surface area (Å²) in [5, 5.41) is 3.72. The van der Waals surface area contributed by atoms with Crippen LogP contribution >= 0.6 is 0 Å². The molecule has 198 valence electrons. The second-order valence-corrected chi connectivity index (χ2v) is 10.1. The third-order valence-electron chi connectivity index (χ3n) is 6.14. The molecule has 0 spiro atoms. The van der Waals surface area contributed by atoms with Crippen LogP contribution in [0.25, 0.3) is 0 Å². The third-order valence-corrected chi connectivity index (χ3v) is 6.14. The Morgan fingerprint density at radius 1 is 1.11 bits per heavy atom. The number of likely N-dealkylation sites (tertiary alicyclic amines) is 1. The van der Waals surface area contributed by atoms with Crippen molar-refractivity contribution >= 4 is 11.5 Å². The monoisotopic (exact) mass is 482 g/mol. The summed E-state index contributed by atoms with van der Waals surface area (Å²) in [6.45, 7) is 27.9. The number of allylic oxidation sites excluding steroid dienone is 4. The number of nitrogens with zero attached hydrogens (tertiary/aromatic N) is 1. The fourth-order valence-electron chi connectivity index (χ4n) is 4.00. The highest BCUT2D eigenvalue weighted by Crippen LogP contribution is 2.28. The molecule has 2 atom stereocenters. The van der Waals surface area contributed by atoms with Gasteiger partial charge < -0.3 is 5.32 Å². The zero-order chi connectivity index (χ0) is 27.1. The van der Waals surface area contributed by atoms with Gasteiger partial charge in [-0.3, -0.25) is 9.69 Å². The Hall–Kier alpha value is -2.13. The number of anilines is 1. The second kappa shape index (κ2) is 17.3. The molecule has 0 bridgehead atoms. The molecule has 2 rings (SSSR count). The molecule has 1 aromatic rings. The molecule has 1 saturated heterocycles. The van der Waals surface area contributed by atoms with Crippen LogP contribution in [-0.4, -0.2) is 29.8 Å². The van der Waals surface area contributed by atoms with E-state index in [2.05, 4.69) is 109 Å². The van der Waals surface area contributed by atoms with Crippen LogP contribution in [0.1, 0.15) is 92.3 Å². The van der Waals surface area contributed by atoms with Crippen LogP contribution in [0.15, 0.2) is 47.6 Å². The predicted molar refractivity (Wildman–Crippen MR) is 157 cm³/mol. The van der Waals surface area contributed by atoms with E-state index >= 15 is 0 Å². The van der Waals surface area contributed by atoms with Gasteiger partial charge in [-0.2, -0.15) is 0 Å². The molecule has 1 fully saturated rings. The molecule has 1 N–H and O–H groups in total. The van der Waals surface area contributed by atoms with Crippen molar-refractivity contribution in [2.75, 3.05) is 18.4 Å². The first-order valence-electron chi connectivity index (χ1n) is 13.6. The minimum absolute atomic E-state index is 0.209. The average molecular weight is 483 g/mol. The number of hydrogen-bond donors (Lipinski definition) is 1. The molecule has 1 aromatic carbocycles. The number of hydrogen-bond acceptors (Lipinski definition) is 3. The summed E-state index contributed by atoms with van der Waals surface area (Å²) >= 11 is 0. The lowest BCUT2D eigenvalue weighted by Gasteiger charge is -2.24. The van der Waals surface area contributed by atoms with Gasteiger partial charge in [-0.05, 0) is 95.7 Å². The molecule has 0 aliphatic carbocycles. The SMILES string of the molecule is CC.CC(C)C.C\C=C/C(=C\C(C)=C\C)[C@@H](C)Nc1ccc(C)c(CN2CCC(C(C)=O)C2)c1C. The highest BCUT2D eigenvalue weighted by molar-refractivity contribution is 5.78. The maximum atomic E-state index is 11.7. The van der Waals surface area contributed by atoms with Crippen molar-refractivity contribution in [3.05, 3.63) is 64.3 Å². The number of benzene rings is 1. The summed E-state index contributed by atoms with van der Waals surface area (Å²) in [6.07, 6.45) is 9.65. The minimum Gasteiger partial charge on any atom is -0.378 e. The fourth-order valence-corrected chi connectivity index (χ4v) is 4.00. The first-order chi connectivity index (χ1) is 16.5. The zero-order valence-electron chi connectivity index (χ0n) is 24.9. The largest absolute Gasteiger partial charge is 0.378 e. The maximum absolute atomic E-state index is 11.7. The number of aryl methyl sites for hydroxylation is 1. The summed E-state index contributed by atoms with van der Waals surface area (Å²) in [5.41, 5.74) is 7.74. The van der Waals surface area contributed by atoms with Crippen LogP contribution in [0, 0.1) is 25.7 Å². The molecule has 0 saturated carbocycles. The van der Waals surface area contributed by atoms with Gasteiger partial charge in [0, 0.05) is 30.7 Å². The Morgan fingerprint density at radius 3 is 2.20 bits per heavy atom. The number of Topliss-reactive ketones (excluding diaryl/α,β-unsaturated/α-hetero) is 1. The number of carbonyl (C=O) groups is 1. The number of carbonyl (C=O) groups excluding carboxylic acids is 1. The Kier molecular flexibility index (Phi) is 16.3. The fraction of sp³-hybridized carbons (Fsp3) is 0.594. The van der Waals surface area contributed by atoms with Gasteiger partial charge in [0.1, 0.15) is 5.78 Å². The van der Waals surface area contributed by atoms with Crippen LogP contribution in [0.4, 0.5) is 5.69 Å². The molecule has 1 aliphatic rings. The van der Waals surface area contributed by atoms with Crippen molar-refractivity contribution in [1.82, 2.24) is 4.90 Å². The molecule has 3 nitrogen and oxygen atoms in total. The van der Waals surface area contributed by atoms with Crippen molar-refractivity contribution < 1.29 is 4.79 Å². The van der Waals surface area contributed by atoms with Gasteiger partial charge in [-0.25, -0.2) is 0 Å². The Bertz CT molecular complexity index is 858. The van der Waals surface area contributed by atoms with Crippen molar-refractivity contribution in [2.45, 2.75) is 102 Å². The van der Waals surface area contributed by atoms with Gasteiger partial charge in [-0.1, -0.05) is 70.6 Å². The van der Waals surface area contributed by atoms with Gasteiger partial charge in [0.15, 0.2) is 0 Å². The molecular formula is C32H54N2O. The molecule has 0 radical (unpaired) electrons. The van der Waals surface area contributed by atoms with E-state index in [0.717, 1.165) is 32.0 Å². The number of ketones is 1.